The maximum absolute atomic E-state index is 12.8. The molecule has 0 aliphatic heterocycles. The first kappa shape index (κ1) is 15.5. The van der Waals surface area contributed by atoms with E-state index in [1.165, 1.54) is 0 Å². The average molecular weight is 282 g/mol. The van der Waals surface area contributed by atoms with Crippen LogP contribution in [0.1, 0.15) is 45.6 Å². The first-order chi connectivity index (χ1) is 9.91. The highest BCUT2D eigenvalue weighted by atomic mass is 16.3. The lowest BCUT2D eigenvalue weighted by Crippen LogP contribution is -2.21. The zero-order valence-electron chi connectivity index (χ0n) is 13.1. The van der Waals surface area contributed by atoms with E-state index in [0.717, 1.165) is 27.8 Å². The Bertz CT molecular complexity index is 621. The Morgan fingerprint density at radius 1 is 1.00 bits per heavy atom. The zero-order valence-corrected chi connectivity index (χ0v) is 13.1. The van der Waals surface area contributed by atoms with Crippen LogP contribution in [0.25, 0.3) is 0 Å². The van der Waals surface area contributed by atoms with Gasteiger partial charge in [-0.2, -0.15) is 0 Å². The normalized spacial score (nSPS) is 13.8. The van der Waals surface area contributed by atoms with Gasteiger partial charge in [-0.15, -0.1) is 0 Å². The third-order valence-electron chi connectivity index (χ3n) is 3.95. The van der Waals surface area contributed by atoms with E-state index in [0.29, 0.717) is 0 Å². The van der Waals surface area contributed by atoms with E-state index in [1.54, 1.807) is 6.92 Å². The smallest absolute Gasteiger partial charge is 0.169 e. The summed E-state index contributed by atoms with van der Waals surface area (Å²) < 4.78 is 0. The van der Waals surface area contributed by atoms with Crippen molar-refractivity contribution in [1.29, 1.82) is 0 Å². The van der Waals surface area contributed by atoms with Crippen molar-refractivity contribution >= 4 is 5.78 Å². The lowest BCUT2D eigenvalue weighted by molar-refractivity contribution is 0.0712. The second-order valence-corrected chi connectivity index (χ2v) is 5.78. The summed E-state index contributed by atoms with van der Waals surface area (Å²) >= 11 is 0. The van der Waals surface area contributed by atoms with Crippen LogP contribution in [0.3, 0.4) is 0 Å². The number of ketones is 1. The van der Waals surface area contributed by atoms with Crippen LogP contribution in [-0.2, 0) is 0 Å². The van der Waals surface area contributed by atoms with Crippen molar-refractivity contribution in [3.05, 3.63) is 70.3 Å². The lowest BCUT2D eigenvalue weighted by Gasteiger charge is -2.20. The van der Waals surface area contributed by atoms with E-state index < -0.39 is 12.0 Å². The zero-order chi connectivity index (χ0) is 15.6. The molecule has 0 aliphatic carbocycles. The molecule has 0 saturated carbocycles. The SMILES string of the molecule is Cc1cc(C)c(C(=O)[C@@H](C)[C@@H](O)c2ccccc2)c(C)c1. The fourth-order valence-electron chi connectivity index (χ4n) is 2.88. The number of rotatable bonds is 4. The molecule has 2 aromatic carbocycles. The summed E-state index contributed by atoms with van der Waals surface area (Å²) in [5.41, 5.74) is 4.62. The van der Waals surface area contributed by atoms with Gasteiger partial charge in [0, 0.05) is 11.5 Å². The number of Topliss-reactive ketones (excluding diaryl/α,β-unsaturated/α-hetero) is 1. The van der Waals surface area contributed by atoms with E-state index in [1.807, 2.05) is 63.2 Å². The minimum atomic E-state index is -0.779. The molecule has 2 heteroatoms. The van der Waals surface area contributed by atoms with Gasteiger partial charge in [-0.3, -0.25) is 4.79 Å². The first-order valence-corrected chi connectivity index (χ1v) is 7.27. The van der Waals surface area contributed by atoms with Crippen molar-refractivity contribution in [1.82, 2.24) is 0 Å². The molecule has 0 aromatic heterocycles. The maximum Gasteiger partial charge on any atom is 0.169 e. The molecule has 21 heavy (non-hydrogen) atoms. The minimum Gasteiger partial charge on any atom is -0.388 e. The summed E-state index contributed by atoms with van der Waals surface area (Å²) in [4.78, 5) is 12.8. The monoisotopic (exact) mass is 282 g/mol. The summed E-state index contributed by atoms with van der Waals surface area (Å²) in [6.45, 7) is 7.72. The van der Waals surface area contributed by atoms with Crippen LogP contribution < -0.4 is 0 Å². The number of aliphatic hydroxyl groups excluding tert-OH is 1. The number of carbonyl (C=O) groups excluding carboxylic acids is 1. The molecule has 0 fully saturated rings. The van der Waals surface area contributed by atoms with Crippen molar-refractivity contribution in [2.75, 3.05) is 0 Å². The molecule has 0 aliphatic rings. The Morgan fingerprint density at radius 2 is 1.52 bits per heavy atom. The summed E-state index contributed by atoms with van der Waals surface area (Å²) in [6.07, 6.45) is -0.779. The molecule has 2 rings (SSSR count). The van der Waals surface area contributed by atoms with Gasteiger partial charge in [-0.05, 0) is 37.5 Å². The van der Waals surface area contributed by atoms with Gasteiger partial charge in [0.25, 0.3) is 0 Å². The number of benzene rings is 2. The molecule has 1 N–H and O–H groups in total. The topological polar surface area (TPSA) is 37.3 Å². The largest absolute Gasteiger partial charge is 0.388 e. The van der Waals surface area contributed by atoms with Gasteiger partial charge in [0.2, 0.25) is 0 Å². The maximum atomic E-state index is 12.8. The number of carbonyl (C=O) groups is 1. The second-order valence-electron chi connectivity index (χ2n) is 5.78. The van der Waals surface area contributed by atoms with Crippen molar-refractivity contribution in [3.8, 4) is 0 Å². The Morgan fingerprint density at radius 3 is 2.05 bits per heavy atom. The second kappa shape index (κ2) is 6.23. The van der Waals surface area contributed by atoms with Crippen LogP contribution >= 0.6 is 0 Å². The third kappa shape index (κ3) is 3.22. The van der Waals surface area contributed by atoms with Gasteiger partial charge in [-0.25, -0.2) is 0 Å². The molecular weight excluding hydrogens is 260 g/mol. The number of aryl methyl sites for hydroxylation is 3. The molecule has 2 atom stereocenters. The standard InChI is InChI=1S/C19H22O2/c1-12-10-13(2)17(14(3)11-12)19(21)15(4)18(20)16-8-6-5-7-9-16/h5-11,15,18,20H,1-4H3/t15-,18+/m0/s1. The van der Waals surface area contributed by atoms with Gasteiger partial charge in [0.1, 0.15) is 0 Å². The molecule has 2 aromatic rings. The lowest BCUT2D eigenvalue weighted by atomic mass is 9.86. The van der Waals surface area contributed by atoms with Gasteiger partial charge in [-0.1, -0.05) is 55.0 Å². The number of hydrogen-bond acceptors (Lipinski definition) is 2. The third-order valence-corrected chi connectivity index (χ3v) is 3.95. The van der Waals surface area contributed by atoms with Crippen LogP contribution in [0.4, 0.5) is 0 Å². The predicted octanol–water partition coefficient (Wildman–Crippen LogP) is 4.16. The first-order valence-electron chi connectivity index (χ1n) is 7.27. The fourth-order valence-corrected chi connectivity index (χ4v) is 2.88. The summed E-state index contributed by atoms with van der Waals surface area (Å²) in [5, 5.41) is 10.4. The van der Waals surface area contributed by atoms with Gasteiger partial charge in [0.15, 0.2) is 5.78 Å². The Kier molecular flexibility index (Phi) is 4.59. The van der Waals surface area contributed by atoms with Crippen molar-refractivity contribution in [3.63, 3.8) is 0 Å². The highest BCUT2D eigenvalue weighted by Crippen LogP contribution is 2.27. The Hall–Kier alpha value is -1.93. The van der Waals surface area contributed by atoms with Crippen LogP contribution in [0, 0.1) is 26.7 Å². The molecular formula is C19H22O2. The van der Waals surface area contributed by atoms with Crippen LogP contribution in [0.2, 0.25) is 0 Å². The quantitative estimate of drug-likeness (QED) is 0.855. The summed E-state index contributed by atoms with van der Waals surface area (Å²) in [6, 6.07) is 13.4. The Labute approximate surface area is 126 Å². The molecule has 110 valence electrons. The summed E-state index contributed by atoms with van der Waals surface area (Å²) in [5.74, 6) is -0.464. The molecule has 0 unspecified atom stereocenters. The van der Waals surface area contributed by atoms with Gasteiger partial charge in [0.05, 0.1) is 6.10 Å². The van der Waals surface area contributed by atoms with Gasteiger partial charge < -0.3 is 5.11 Å². The number of aliphatic hydroxyl groups is 1. The van der Waals surface area contributed by atoms with Crippen molar-refractivity contribution < 1.29 is 9.90 Å². The molecule has 0 heterocycles. The Balaban J connectivity index is 2.32. The average Bonchev–Trinajstić information content (AvgIpc) is 2.45. The van der Waals surface area contributed by atoms with Gasteiger partial charge >= 0.3 is 0 Å². The van der Waals surface area contributed by atoms with Crippen LogP contribution in [-0.4, -0.2) is 10.9 Å². The minimum absolute atomic E-state index is 0.00125. The number of hydrogen-bond donors (Lipinski definition) is 1. The van der Waals surface area contributed by atoms with E-state index in [9.17, 15) is 9.90 Å². The molecule has 2 nitrogen and oxygen atoms in total. The highest BCUT2D eigenvalue weighted by molar-refractivity contribution is 6.00. The van der Waals surface area contributed by atoms with E-state index in [4.69, 9.17) is 0 Å². The molecule has 0 saturated heterocycles. The fraction of sp³-hybridized carbons (Fsp3) is 0.316. The van der Waals surface area contributed by atoms with E-state index in [-0.39, 0.29) is 5.78 Å². The van der Waals surface area contributed by atoms with Crippen molar-refractivity contribution in [2.24, 2.45) is 5.92 Å². The molecule has 0 radical (unpaired) electrons. The van der Waals surface area contributed by atoms with Crippen molar-refractivity contribution in [2.45, 2.75) is 33.8 Å². The van der Waals surface area contributed by atoms with Crippen LogP contribution in [0.5, 0.6) is 0 Å². The molecule has 0 amide bonds. The molecule has 0 spiro atoms. The summed E-state index contributed by atoms with van der Waals surface area (Å²) in [7, 11) is 0. The van der Waals surface area contributed by atoms with E-state index in [2.05, 4.69) is 0 Å². The molecule has 0 bridgehead atoms. The highest BCUT2D eigenvalue weighted by Gasteiger charge is 2.26. The predicted molar refractivity (Wildman–Crippen MR) is 85.5 cm³/mol. The van der Waals surface area contributed by atoms with E-state index >= 15 is 0 Å². The van der Waals surface area contributed by atoms with Crippen LogP contribution in [0.15, 0.2) is 42.5 Å².